The Bertz CT molecular complexity index is 1510. The number of rotatable bonds is 31. The molecule has 0 bridgehead atoms. The van der Waals surface area contributed by atoms with E-state index in [-0.39, 0.29) is 68.1 Å². The molecule has 0 aromatic carbocycles. The Hall–Kier alpha value is -4.40. The second-order valence-electron chi connectivity index (χ2n) is 19.1. The molecule has 0 aliphatic carbocycles. The summed E-state index contributed by atoms with van der Waals surface area (Å²) in [5.41, 5.74) is 11.3. The minimum Gasteiger partial charge on any atom is -0.480 e. The van der Waals surface area contributed by atoms with Gasteiger partial charge in [-0.1, -0.05) is 69.2 Å². The summed E-state index contributed by atoms with van der Waals surface area (Å²) in [4.78, 5) is 107. The molecule has 20 nitrogen and oxygen atoms in total. The van der Waals surface area contributed by atoms with E-state index >= 15 is 0 Å². The van der Waals surface area contributed by atoms with E-state index in [9.17, 15) is 53.7 Å². The van der Waals surface area contributed by atoms with E-state index in [1.165, 1.54) is 13.8 Å². The Kier molecular flexibility index (Phi) is 27.9. The SMILES string of the molecule is CC(C)C[C@H](NC(=O)[C@H](CC(C)C)NC(=O)[C@H](CC(C)C)NC(=O)[C@H](CC(C)C)NC(=O)[C@H](CC(C)C)NC(=O)[C@@H](NC(=O)[C@@H](N)[C@@H](C)O)[C@@H](C)O)C(=O)N[C@@H](CCCCN)C(=O)O. The number of aliphatic carboxylic acids is 1. The number of carboxylic acids is 1. The molecular formula is C44H83N9O11. The Morgan fingerprint density at radius 2 is 0.688 bits per heavy atom. The van der Waals surface area contributed by atoms with Gasteiger partial charge in [0.2, 0.25) is 41.4 Å². The average Bonchev–Trinajstić information content (AvgIpc) is 3.16. The maximum atomic E-state index is 14.1. The van der Waals surface area contributed by atoms with Crippen LogP contribution in [-0.2, 0) is 38.4 Å². The number of carbonyl (C=O) groups is 8. The molecule has 0 radical (unpaired) electrons. The quantitative estimate of drug-likeness (QED) is 0.0406. The molecule has 14 N–H and O–H groups in total. The zero-order valence-electron chi connectivity index (χ0n) is 40.3. The second-order valence-corrected chi connectivity index (χ2v) is 19.1. The lowest BCUT2D eigenvalue weighted by Gasteiger charge is -2.30. The number of hydrogen-bond acceptors (Lipinski definition) is 12. The monoisotopic (exact) mass is 914 g/mol. The molecule has 0 spiro atoms. The first kappa shape index (κ1) is 59.6. The van der Waals surface area contributed by atoms with Gasteiger partial charge in [-0.2, -0.15) is 0 Å². The first-order valence-electron chi connectivity index (χ1n) is 22.8. The molecule has 0 heterocycles. The Morgan fingerprint density at radius 1 is 0.406 bits per heavy atom. The molecule has 0 unspecified atom stereocenters. The Balaban J connectivity index is 6.49. The van der Waals surface area contributed by atoms with E-state index in [0.717, 1.165) is 0 Å². The number of carboxylic acid groups (broad SMARTS) is 1. The molecule has 0 saturated heterocycles. The molecule has 0 aliphatic rings. The molecule has 0 aromatic heterocycles. The van der Waals surface area contributed by atoms with E-state index in [1.807, 2.05) is 69.2 Å². The number of hydrogen-bond donors (Lipinski definition) is 12. The number of aliphatic hydroxyl groups excluding tert-OH is 2. The van der Waals surface area contributed by atoms with Crippen LogP contribution in [0, 0.1) is 29.6 Å². The van der Waals surface area contributed by atoms with Crippen molar-refractivity contribution in [1.29, 1.82) is 0 Å². The number of amides is 7. The van der Waals surface area contributed by atoms with Gasteiger partial charge in [0.1, 0.15) is 48.3 Å². The third kappa shape index (κ3) is 23.5. The smallest absolute Gasteiger partial charge is 0.326 e. The lowest BCUT2D eigenvalue weighted by Crippen LogP contribution is -2.62. The van der Waals surface area contributed by atoms with Crippen molar-refractivity contribution in [3.05, 3.63) is 0 Å². The normalized spacial score (nSPS) is 16.4. The van der Waals surface area contributed by atoms with Crippen LogP contribution in [0.4, 0.5) is 0 Å². The van der Waals surface area contributed by atoms with Crippen LogP contribution in [0.5, 0.6) is 0 Å². The molecule has 7 amide bonds. The predicted molar refractivity (Wildman–Crippen MR) is 243 cm³/mol. The fourth-order valence-electron chi connectivity index (χ4n) is 6.76. The lowest BCUT2D eigenvalue weighted by atomic mass is 9.97. The summed E-state index contributed by atoms with van der Waals surface area (Å²) in [5.74, 6) is -7.06. The minimum absolute atomic E-state index is 0.0776. The summed E-state index contributed by atoms with van der Waals surface area (Å²) >= 11 is 0. The summed E-state index contributed by atoms with van der Waals surface area (Å²) in [5, 5.41) is 48.2. The van der Waals surface area contributed by atoms with Crippen molar-refractivity contribution in [3.8, 4) is 0 Å². The van der Waals surface area contributed by atoms with Crippen molar-refractivity contribution in [3.63, 3.8) is 0 Å². The molecule has 10 atom stereocenters. The molecule has 0 aliphatic heterocycles. The molecular weight excluding hydrogens is 831 g/mol. The van der Waals surface area contributed by atoms with E-state index < -0.39 is 108 Å². The van der Waals surface area contributed by atoms with Crippen LogP contribution in [0.3, 0.4) is 0 Å². The second kappa shape index (κ2) is 29.9. The highest BCUT2D eigenvalue weighted by Crippen LogP contribution is 2.14. The Morgan fingerprint density at radius 3 is 0.922 bits per heavy atom. The average molecular weight is 914 g/mol. The van der Waals surface area contributed by atoms with Gasteiger partial charge >= 0.3 is 5.97 Å². The van der Waals surface area contributed by atoms with Gasteiger partial charge in [0.05, 0.1) is 12.2 Å². The molecule has 0 aromatic rings. The number of aliphatic hydroxyl groups is 2. The van der Waals surface area contributed by atoms with Crippen LogP contribution in [-0.4, -0.2) is 130 Å². The van der Waals surface area contributed by atoms with Crippen LogP contribution in [0.2, 0.25) is 0 Å². The number of nitrogens with two attached hydrogens (primary N) is 2. The van der Waals surface area contributed by atoms with Gasteiger partial charge in [0.15, 0.2) is 0 Å². The van der Waals surface area contributed by atoms with Crippen molar-refractivity contribution in [2.75, 3.05) is 6.54 Å². The first-order chi connectivity index (χ1) is 29.6. The third-order valence-electron chi connectivity index (χ3n) is 10.1. The maximum absolute atomic E-state index is 14.1. The molecule has 370 valence electrons. The molecule has 64 heavy (non-hydrogen) atoms. The fraction of sp³-hybridized carbons (Fsp3) is 0.818. The number of nitrogens with one attached hydrogen (secondary N) is 7. The minimum atomic E-state index is -1.54. The van der Waals surface area contributed by atoms with Crippen molar-refractivity contribution in [2.24, 2.45) is 41.1 Å². The molecule has 0 fully saturated rings. The van der Waals surface area contributed by atoms with Crippen molar-refractivity contribution in [1.82, 2.24) is 37.2 Å². The van der Waals surface area contributed by atoms with Crippen LogP contribution < -0.4 is 48.7 Å². The summed E-state index contributed by atoms with van der Waals surface area (Å²) in [6, 6.07) is -9.96. The standard InChI is InChI=1S/C44H83N9O11/c1-22(2)17-30(37(56)47-29(44(63)64)15-13-14-16-45)48-38(57)31(18-23(3)4)49-39(58)32(19-24(5)6)50-40(59)33(20-25(7)8)51-41(60)34(21-26(9)10)52-43(62)36(28(12)55)53-42(61)35(46)27(11)54/h22-36,54-55H,13-21,45-46H2,1-12H3,(H,47,56)(H,48,57)(H,49,58)(H,50,59)(H,51,60)(H,52,62)(H,53,61)(H,63,64)/t27-,28-,29+,30+,31+,32+,33+,34+,35+,36+/m1/s1. The van der Waals surface area contributed by atoms with E-state index in [2.05, 4.69) is 37.2 Å². The summed E-state index contributed by atoms with van der Waals surface area (Å²) in [6.45, 7) is 21.3. The molecule has 0 saturated carbocycles. The predicted octanol–water partition coefficient (Wildman–Crippen LogP) is -0.0870. The van der Waals surface area contributed by atoms with Crippen LogP contribution >= 0.6 is 0 Å². The van der Waals surface area contributed by atoms with Crippen LogP contribution in [0.15, 0.2) is 0 Å². The van der Waals surface area contributed by atoms with Crippen molar-refractivity contribution < 1.29 is 53.7 Å². The van der Waals surface area contributed by atoms with Gasteiger partial charge in [-0.05, 0) is 101 Å². The third-order valence-corrected chi connectivity index (χ3v) is 10.1. The highest BCUT2D eigenvalue weighted by Gasteiger charge is 2.36. The summed E-state index contributed by atoms with van der Waals surface area (Å²) < 4.78 is 0. The summed E-state index contributed by atoms with van der Waals surface area (Å²) in [7, 11) is 0. The zero-order valence-corrected chi connectivity index (χ0v) is 40.3. The van der Waals surface area contributed by atoms with Crippen LogP contribution in [0.25, 0.3) is 0 Å². The zero-order chi connectivity index (χ0) is 49.6. The first-order valence-corrected chi connectivity index (χ1v) is 22.8. The highest BCUT2D eigenvalue weighted by molar-refractivity contribution is 5.97. The number of unbranched alkanes of at least 4 members (excludes halogenated alkanes) is 1. The van der Waals surface area contributed by atoms with E-state index in [1.54, 1.807) is 0 Å². The van der Waals surface area contributed by atoms with Gasteiger partial charge in [-0.25, -0.2) is 4.79 Å². The largest absolute Gasteiger partial charge is 0.480 e. The Labute approximate surface area is 380 Å². The van der Waals surface area contributed by atoms with E-state index in [0.29, 0.717) is 19.4 Å². The van der Waals surface area contributed by atoms with Crippen molar-refractivity contribution in [2.45, 2.75) is 195 Å². The van der Waals surface area contributed by atoms with Gasteiger partial charge < -0.3 is 64.0 Å². The molecule has 0 rings (SSSR count). The van der Waals surface area contributed by atoms with Gasteiger partial charge in [0.25, 0.3) is 0 Å². The fourth-order valence-corrected chi connectivity index (χ4v) is 6.76. The number of carbonyl (C=O) groups excluding carboxylic acids is 7. The summed E-state index contributed by atoms with van der Waals surface area (Å²) in [6.07, 6.45) is -0.742. The van der Waals surface area contributed by atoms with Gasteiger partial charge in [-0.15, -0.1) is 0 Å². The van der Waals surface area contributed by atoms with Crippen LogP contribution in [0.1, 0.15) is 134 Å². The van der Waals surface area contributed by atoms with Gasteiger partial charge in [-0.3, -0.25) is 33.6 Å². The molecule has 20 heteroatoms. The highest BCUT2D eigenvalue weighted by atomic mass is 16.4. The topological polar surface area (TPSA) is 333 Å². The maximum Gasteiger partial charge on any atom is 0.326 e. The van der Waals surface area contributed by atoms with Gasteiger partial charge in [0, 0.05) is 0 Å². The van der Waals surface area contributed by atoms with E-state index in [4.69, 9.17) is 11.5 Å². The lowest BCUT2D eigenvalue weighted by molar-refractivity contribution is -0.142. The van der Waals surface area contributed by atoms with Crippen molar-refractivity contribution >= 4 is 47.3 Å².